The first-order valence-electron chi connectivity index (χ1n) is 12.7. The van der Waals surface area contributed by atoms with Gasteiger partial charge in [-0.3, -0.25) is 20.0 Å². The standard InChI is InChI=1S/C28H31N7O/c1-15-12-21(14-29-13-15)26-31-27(35-34-26)25(24(19-4-5-19)20-6-7-20)28(36)30-22-10-8-18(9-11-22)23-16(2)32-33-17(23)3/h8-14,19-20,24-25H,4-7H2,1-3H3,(H,30,36)(H,32,33)(H,31,34,35). The van der Waals surface area contributed by atoms with E-state index in [4.69, 9.17) is 4.98 Å². The summed E-state index contributed by atoms with van der Waals surface area (Å²) in [7, 11) is 0. The van der Waals surface area contributed by atoms with Crippen molar-refractivity contribution in [2.24, 2.45) is 17.8 Å². The van der Waals surface area contributed by atoms with Crippen molar-refractivity contribution in [2.75, 3.05) is 5.32 Å². The average Bonchev–Trinajstić information content (AvgIpc) is 3.80. The number of aromatic amines is 2. The Hall–Kier alpha value is -3.81. The van der Waals surface area contributed by atoms with Gasteiger partial charge in [-0.15, -0.1) is 0 Å². The molecule has 1 unspecified atom stereocenters. The zero-order valence-electron chi connectivity index (χ0n) is 20.9. The fourth-order valence-electron chi connectivity index (χ4n) is 5.51. The summed E-state index contributed by atoms with van der Waals surface area (Å²) >= 11 is 0. The molecule has 0 radical (unpaired) electrons. The molecule has 0 bridgehead atoms. The van der Waals surface area contributed by atoms with Gasteiger partial charge in [0.25, 0.3) is 0 Å². The number of carbonyl (C=O) groups is 1. The molecule has 1 amide bonds. The first kappa shape index (κ1) is 22.6. The number of pyridine rings is 1. The number of hydrogen-bond donors (Lipinski definition) is 3. The second kappa shape index (κ2) is 9.00. The second-order valence-electron chi connectivity index (χ2n) is 10.4. The Kier molecular flexibility index (Phi) is 5.66. The van der Waals surface area contributed by atoms with Gasteiger partial charge >= 0.3 is 0 Å². The van der Waals surface area contributed by atoms with Crippen LogP contribution in [0.4, 0.5) is 5.69 Å². The lowest BCUT2D eigenvalue weighted by Crippen LogP contribution is -2.31. The summed E-state index contributed by atoms with van der Waals surface area (Å²) in [5.41, 5.74) is 6.86. The third-order valence-electron chi connectivity index (χ3n) is 7.50. The maximum Gasteiger partial charge on any atom is 0.235 e. The van der Waals surface area contributed by atoms with E-state index in [0.717, 1.165) is 39.3 Å². The van der Waals surface area contributed by atoms with Gasteiger partial charge in [0.15, 0.2) is 5.82 Å². The molecule has 6 rings (SSSR count). The minimum atomic E-state index is -0.359. The molecule has 3 heterocycles. The summed E-state index contributed by atoms with van der Waals surface area (Å²) in [4.78, 5) is 22.9. The number of anilines is 1. The molecule has 0 spiro atoms. The van der Waals surface area contributed by atoms with Gasteiger partial charge in [0.05, 0.1) is 5.69 Å². The van der Waals surface area contributed by atoms with Crippen molar-refractivity contribution >= 4 is 11.6 Å². The van der Waals surface area contributed by atoms with E-state index < -0.39 is 0 Å². The van der Waals surface area contributed by atoms with E-state index in [1.807, 2.05) is 57.3 Å². The van der Waals surface area contributed by atoms with E-state index in [1.54, 1.807) is 6.20 Å². The molecule has 3 N–H and O–H groups in total. The average molecular weight is 482 g/mol. The molecule has 0 saturated heterocycles. The fourth-order valence-corrected chi connectivity index (χ4v) is 5.51. The highest BCUT2D eigenvalue weighted by atomic mass is 16.2. The van der Waals surface area contributed by atoms with Crippen LogP contribution < -0.4 is 5.32 Å². The highest BCUT2D eigenvalue weighted by molar-refractivity contribution is 5.96. The smallest absolute Gasteiger partial charge is 0.235 e. The van der Waals surface area contributed by atoms with Gasteiger partial charge in [-0.25, -0.2) is 4.98 Å². The van der Waals surface area contributed by atoms with Crippen molar-refractivity contribution in [2.45, 2.75) is 52.4 Å². The quantitative estimate of drug-likeness (QED) is 0.314. The largest absolute Gasteiger partial charge is 0.325 e. The predicted molar refractivity (Wildman–Crippen MR) is 138 cm³/mol. The molecule has 8 nitrogen and oxygen atoms in total. The fraction of sp³-hybridized carbons (Fsp3) is 0.393. The molecular formula is C28H31N7O. The number of carbonyl (C=O) groups excluding carboxylic acids is 1. The highest BCUT2D eigenvalue weighted by Crippen LogP contribution is 2.54. The van der Waals surface area contributed by atoms with Gasteiger partial charge in [0.2, 0.25) is 5.91 Å². The van der Waals surface area contributed by atoms with Crippen LogP contribution in [0.5, 0.6) is 0 Å². The number of H-pyrrole nitrogens is 2. The Morgan fingerprint density at radius 3 is 2.28 bits per heavy atom. The maximum atomic E-state index is 13.8. The molecule has 3 aromatic heterocycles. The van der Waals surface area contributed by atoms with Crippen LogP contribution in [-0.2, 0) is 4.79 Å². The van der Waals surface area contributed by atoms with E-state index in [0.29, 0.717) is 23.5 Å². The highest BCUT2D eigenvalue weighted by Gasteiger charge is 2.49. The molecule has 2 aliphatic carbocycles. The van der Waals surface area contributed by atoms with Gasteiger partial charge in [0, 0.05) is 34.9 Å². The monoisotopic (exact) mass is 481 g/mol. The molecule has 36 heavy (non-hydrogen) atoms. The van der Waals surface area contributed by atoms with Crippen molar-refractivity contribution in [3.05, 3.63) is 65.5 Å². The first-order chi connectivity index (χ1) is 17.5. The minimum Gasteiger partial charge on any atom is -0.325 e. The topological polar surface area (TPSA) is 112 Å². The lowest BCUT2D eigenvalue weighted by molar-refractivity contribution is -0.119. The zero-order chi connectivity index (χ0) is 24.8. The molecule has 1 atom stereocenters. The number of nitrogens with one attached hydrogen (secondary N) is 3. The summed E-state index contributed by atoms with van der Waals surface area (Å²) in [5, 5.41) is 18.1. The summed E-state index contributed by atoms with van der Waals surface area (Å²) in [6, 6.07) is 10.0. The summed E-state index contributed by atoms with van der Waals surface area (Å²) < 4.78 is 0. The zero-order valence-corrected chi connectivity index (χ0v) is 20.9. The molecule has 2 saturated carbocycles. The lowest BCUT2D eigenvalue weighted by Gasteiger charge is -2.24. The Bertz CT molecular complexity index is 1360. The van der Waals surface area contributed by atoms with Crippen molar-refractivity contribution in [3.63, 3.8) is 0 Å². The lowest BCUT2D eigenvalue weighted by atomic mass is 9.82. The third-order valence-corrected chi connectivity index (χ3v) is 7.50. The van der Waals surface area contributed by atoms with E-state index >= 15 is 0 Å². The number of aromatic nitrogens is 6. The van der Waals surface area contributed by atoms with Crippen LogP contribution in [0.3, 0.4) is 0 Å². The van der Waals surface area contributed by atoms with Crippen molar-refractivity contribution in [1.29, 1.82) is 0 Å². The minimum absolute atomic E-state index is 0.0210. The second-order valence-corrected chi connectivity index (χ2v) is 10.4. The van der Waals surface area contributed by atoms with Crippen LogP contribution in [0.2, 0.25) is 0 Å². The molecule has 0 aliphatic heterocycles. The van der Waals surface area contributed by atoms with Crippen molar-refractivity contribution in [3.8, 4) is 22.5 Å². The Labute approximate surface area is 210 Å². The Morgan fingerprint density at radius 1 is 0.944 bits per heavy atom. The van der Waals surface area contributed by atoms with Crippen molar-refractivity contribution in [1.82, 2.24) is 30.4 Å². The molecule has 8 heteroatoms. The molecular weight excluding hydrogens is 450 g/mol. The van der Waals surface area contributed by atoms with Crippen LogP contribution in [-0.4, -0.2) is 36.3 Å². The van der Waals surface area contributed by atoms with Gasteiger partial charge in [-0.1, -0.05) is 12.1 Å². The summed E-state index contributed by atoms with van der Waals surface area (Å²) in [6.07, 6.45) is 8.32. The number of rotatable bonds is 8. The van der Waals surface area contributed by atoms with Crippen LogP contribution in [0.25, 0.3) is 22.5 Å². The third kappa shape index (κ3) is 4.43. The van der Waals surface area contributed by atoms with Gasteiger partial charge in [-0.2, -0.15) is 10.2 Å². The molecule has 184 valence electrons. The van der Waals surface area contributed by atoms with Crippen LogP contribution >= 0.6 is 0 Å². The van der Waals surface area contributed by atoms with Crippen LogP contribution in [0.1, 0.15) is 54.4 Å². The normalized spacial score (nSPS) is 16.3. The maximum absolute atomic E-state index is 13.8. The number of nitrogens with zero attached hydrogens (tertiary/aromatic N) is 4. The SMILES string of the molecule is Cc1cncc(-c2n[nH]c(C(C(=O)Nc3ccc(-c4c(C)n[nH]c4C)cc3)C(C3CC3)C3CC3)n2)c1. The van der Waals surface area contributed by atoms with E-state index in [9.17, 15) is 4.79 Å². The molecule has 4 aromatic rings. The number of amides is 1. The summed E-state index contributed by atoms with van der Waals surface area (Å²) in [6.45, 7) is 6.01. The molecule has 2 aliphatic rings. The van der Waals surface area contributed by atoms with Gasteiger partial charge in [0.1, 0.15) is 11.7 Å². The Morgan fingerprint density at radius 2 is 1.67 bits per heavy atom. The Balaban J connectivity index is 1.28. The number of benzene rings is 1. The molecule has 1 aromatic carbocycles. The van der Waals surface area contributed by atoms with Gasteiger partial charge in [-0.05, 0) is 93.5 Å². The first-order valence-corrected chi connectivity index (χ1v) is 12.7. The predicted octanol–water partition coefficient (Wildman–Crippen LogP) is 5.34. The van der Waals surface area contributed by atoms with E-state index in [2.05, 4.69) is 30.7 Å². The van der Waals surface area contributed by atoms with Crippen LogP contribution in [0.15, 0.2) is 42.7 Å². The van der Waals surface area contributed by atoms with Crippen molar-refractivity contribution < 1.29 is 4.79 Å². The van der Waals surface area contributed by atoms with E-state index in [-0.39, 0.29) is 17.7 Å². The van der Waals surface area contributed by atoms with Crippen LogP contribution in [0, 0.1) is 38.5 Å². The number of hydrogen-bond acceptors (Lipinski definition) is 5. The number of aryl methyl sites for hydroxylation is 3. The van der Waals surface area contributed by atoms with Gasteiger partial charge < -0.3 is 5.32 Å². The molecule has 2 fully saturated rings. The van der Waals surface area contributed by atoms with E-state index in [1.165, 1.54) is 25.7 Å². The summed E-state index contributed by atoms with van der Waals surface area (Å²) in [5.74, 6) is 2.30.